The Hall–Kier alpha value is -1.75. The molecular formula is C12H9BrN2O2. The molecule has 0 aliphatic carbocycles. The first-order valence-electron chi connectivity index (χ1n) is 4.85. The number of halogens is 1. The third-order valence-corrected chi connectivity index (χ3v) is 2.92. The van der Waals surface area contributed by atoms with Crippen LogP contribution in [0.3, 0.4) is 0 Å². The van der Waals surface area contributed by atoms with Crippen molar-refractivity contribution in [3.05, 3.63) is 47.0 Å². The number of hydrogen-bond acceptors (Lipinski definition) is 4. The smallest absolute Gasteiger partial charge is 0.337 e. The molecule has 2 aromatic rings. The normalized spacial score (nSPS) is 10.0. The number of ether oxygens (including phenoxy) is 1. The molecule has 1 aromatic heterocycles. The lowest BCUT2D eigenvalue weighted by Crippen LogP contribution is -2.01. The van der Waals surface area contributed by atoms with Crippen molar-refractivity contribution in [3.63, 3.8) is 0 Å². The van der Waals surface area contributed by atoms with Gasteiger partial charge in [-0.1, -0.05) is 22.0 Å². The highest BCUT2D eigenvalue weighted by Gasteiger charge is 2.09. The van der Waals surface area contributed by atoms with Crippen molar-refractivity contribution in [1.82, 2.24) is 9.97 Å². The summed E-state index contributed by atoms with van der Waals surface area (Å²) < 4.78 is 5.45. The van der Waals surface area contributed by atoms with Crippen LogP contribution in [0.15, 0.2) is 41.4 Å². The Bertz CT molecular complexity index is 543. The van der Waals surface area contributed by atoms with E-state index in [0.29, 0.717) is 5.56 Å². The minimum Gasteiger partial charge on any atom is -0.465 e. The summed E-state index contributed by atoms with van der Waals surface area (Å²) in [6.07, 6.45) is 4.90. The van der Waals surface area contributed by atoms with Gasteiger partial charge in [0.05, 0.1) is 12.7 Å². The second kappa shape index (κ2) is 5.05. The molecule has 0 radical (unpaired) electrons. The van der Waals surface area contributed by atoms with Gasteiger partial charge in [-0.2, -0.15) is 0 Å². The van der Waals surface area contributed by atoms with Gasteiger partial charge in [0.15, 0.2) is 0 Å². The Morgan fingerprint density at radius 3 is 2.59 bits per heavy atom. The maximum atomic E-state index is 11.3. The average molecular weight is 293 g/mol. The van der Waals surface area contributed by atoms with Gasteiger partial charge in [0.2, 0.25) is 0 Å². The molecule has 0 aliphatic heterocycles. The third-order valence-electron chi connectivity index (χ3n) is 2.26. The molecule has 1 aromatic carbocycles. The van der Waals surface area contributed by atoms with E-state index < -0.39 is 0 Å². The van der Waals surface area contributed by atoms with Crippen molar-refractivity contribution in [3.8, 4) is 11.1 Å². The van der Waals surface area contributed by atoms with Crippen LogP contribution in [-0.2, 0) is 4.74 Å². The number of methoxy groups -OCH3 is 1. The summed E-state index contributed by atoms with van der Waals surface area (Å²) in [5, 5.41) is 0. The average Bonchev–Trinajstić information content (AvgIpc) is 2.38. The molecule has 86 valence electrons. The molecule has 17 heavy (non-hydrogen) atoms. The highest BCUT2D eigenvalue weighted by Crippen LogP contribution is 2.28. The van der Waals surface area contributed by atoms with Crippen LogP contribution in [0.4, 0.5) is 0 Å². The van der Waals surface area contributed by atoms with Gasteiger partial charge in [0.1, 0.15) is 6.33 Å². The van der Waals surface area contributed by atoms with Crippen LogP contribution in [0.25, 0.3) is 11.1 Å². The maximum absolute atomic E-state index is 11.3. The number of rotatable bonds is 2. The number of carbonyl (C=O) groups is 1. The Morgan fingerprint density at radius 1 is 1.29 bits per heavy atom. The zero-order valence-corrected chi connectivity index (χ0v) is 10.6. The van der Waals surface area contributed by atoms with Crippen molar-refractivity contribution >= 4 is 21.9 Å². The molecule has 5 heteroatoms. The van der Waals surface area contributed by atoms with Gasteiger partial charge in [-0.15, -0.1) is 0 Å². The predicted octanol–water partition coefficient (Wildman–Crippen LogP) is 2.69. The van der Waals surface area contributed by atoms with E-state index in [1.807, 2.05) is 6.07 Å². The van der Waals surface area contributed by atoms with E-state index in [0.717, 1.165) is 15.6 Å². The SMILES string of the molecule is COC(=O)c1ccc(-c2cncnc2)c(Br)c1. The van der Waals surface area contributed by atoms with Crippen LogP contribution < -0.4 is 0 Å². The van der Waals surface area contributed by atoms with E-state index in [1.54, 1.807) is 24.5 Å². The number of nitrogens with zero attached hydrogens (tertiary/aromatic N) is 2. The van der Waals surface area contributed by atoms with E-state index in [2.05, 4.69) is 30.6 Å². The standard InChI is InChI=1S/C12H9BrN2O2/c1-17-12(16)8-2-3-10(11(13)4-8)9-5-14-7-15-6-9/h2-7H,1H3. The van der Waals surface area contributed by atoms with Crippen LogP contribution in [0.1, 0.15) is 10.4 Å². The first-order valence-corrected chi connectivity index (χ1v) is 5.65. The van der Waals surface area contributed by atoms with E-state index in [-0.39, 0.29) is 5.97 Å². The zero-order valence-electron chi connectivity index (χ0n) is 9.05. The number of benzene rings is 1. The lowest BCUT2D eigenvalue weighted by atomic mass is 10.1. The lowest BCUT2D eigenvalue weighted by molar-refractivity contribution is 0.0600. The quantitative estimate of drug-likeness (QED) is 0.799. The molecule has 0 aliphatic rings. The molecule has 0 saturated heterocycles. The van der Waals surface area contributed by atoms with Crippen LogP contribution in [-0.4, -0.2) is 23.0 Å². The Balaban J connectivity index is 2.42. The Morgan fingerprint density at radius 2 is 2.00 bits per heavy atom. The lowest BCUT2D eigenvalue weighted by Gasteiger charge is -2.05. The fourth-order valence-electron chi connectivity index (χ4n) is 1.43. The summed E-state index contributed by atoms with van der Waals surface area (Å²) in [5.41, 5.74) is 2.31. The first-order chi connectivity index (χ1) is 8.22. The third kappa shape index (κ3) is 2.50. The van der Waals surface area contributed by atoms with Crippen LogP contribution in [0.2, 0.25) is 0 Å². The fraction of sp³-hybridized carbons (Fsp3) is 0.0833. The van der Waals surface area contributed by atoms with Crippen molar-refractivity contribution in [2.75, 3.05) is 7.11 Å². The molecule has 0 unspecified atom stereocenters. The van der Waals surface area contributed by atoms with E-state index >= 15 is 0 Å². The summed E-state index contributed by atoms with van der Waals surface area (Å²) >= 11 is 3.42. The van der Waals surface area contributed by atoms with Gasteiger partial charge in [-0.05, 0) is 17.7 Å². The van der Waals surface area contributed by atoms with Crippen LogP contribution >= 0.6 is 15.9 Å². The molecule has 0 spiro atoms. The van der Waals surface area contributed by atoms with E-state index in [9.17, 15) is 4.79 Å². The molecule has 0 fully saturated rings. The van der Waals surface area contributed by atoms with E-state index in [4.69, 9.17) is 0 Å². The summed E-state index contributed by atoms with van der Waals surface area (Å²) in [6.45, 7) is 0. The summed E-state index contributed by atoms with van der Waals surface area (Å²) in [7, 11) is 1.36. The molecule has 1 heterocycles. The second-order valence-corrected chi connectivity index (χ2v) is 4.17. The van der Waals surface area contributed by atoms with Crippen LogP contribution in [0, 0.1) is 0 Å². The molecule has 0 amide bonds. The molecule has 0 atom stereocenters. The van der Waals surface area contributed by atoms with Gasteiger partial charge >= 0.3 is 5.97 Å². The largest absolute Gasteiger partial charge is 0.465 e. The monoisotopic (exact) mass is 292 g/mol. The minimum absolute atomic E-state index is 0.360. The highest BCUT2D eigenvalue weighted by atomic mass is 79.9. The topological polar surface area (TPSA) is 52.1 Å². The van der Waals surface area contributed by atoms with Crippen molar-refractivity contribution in [2.24, 2.45) is 0 Å². The van der Waals surface area contributed by atoms with Crippen LogP contribution in [0.5, 0.6) is 0 Å². The number of esters is 1. The zero-order chi connectivity index (χ0) is 12.3. The van der Waals surface area contributed by atoms with Gasteiger partial charge in [0.25, 0.3) is 0 Å². The summed E-state index contributed by atoms with van der Waals surface area (Å²) in [4.78, 5) is 19.3. The molecule has 4 nitrogen and oxygen atoms in total. The molecule has 2 rings (SSSR count). The summed E-state index contributed by atoms with van der Waals surface area (Å²) in [5.74, 6) is -0.360. The van der Waals surface area contributed by atoms with Gasteiger partial charge in [-0.3, -0.25) is 0 Å². The predicted molar refractivity (Wildman–Crippen MR) is 66.5 cm³/mol. The van der Waals surface area contributed by atoms with Crippen molar-refractivity contribution < 1.29 is 9.53 Å². The Kier molecular flexibility index (Phi) is 3.49. The number of hydrogen-bond donors (Lipinski definition) is 0. The van der Waals surface area contributed by atoms with Crippen molar-refractivity contribution in [2.45, 2.75) is 0 Å². The second-order valence-electron chi connectivity index (χ2n) is 3.31. The van der Waals surface area contributed by atoms with Gasteiger partial charge in [-0.25, -0.2) is 14.8 Å². The Labute approximate surface area is 107 Å². The minimum atomic E-state index is -0.360. The molecule has 0 saturated carbocycles. The van der Waals surface area contributed by atoms with Gasteiger partial charge in [0, 0.05) is 22.4 Å². The number of aromatic nitrogens is 2. The first kappa shape index (κ1) is 11.7. The summed E-state index contributed by atoms with van der Waals surface area (Å²) in [6, 6.07) is 5.25. The molecule has 0 bridgehead atoms. The molecular weight excluding hydrogens is 284 g/mol. The highest BCUT2D eigenvalue weighted by molar-refractivity contribution is 9.10. The molecule has 0 N–H and O–H groups in total. The fourth-order valence-corrected chi connectivity index (χ4v) is 2.04. The van der Waals surface area contributed by atoms with E-state index in [1.165, 1.54) is 13.4 Å². The maximum Gasteiger partial charge on any atom is 0.337 e. The number of carbonyl (C=O) groups excluding carboxylic acids is 1. The van der Waals surface area contributed by atoms with Crippen molar-refractivity contribution in [1.29, 1.82) is 0 Å². The van der Waals surface area contributed by atoms with Gasteiger partial charge < -0.3 is 4.74 Å².